The van der Waals surface area contributed by atoms with E-state index < -0.39 is 0 Å². The second kappa shape index (κ2) is 5.92. The van der Waals surface area contributed by atoms with Crippen LogP contribution in [0.4, 0.5) is 5.82 Å². The van der Waals surface area contributed by atoms with Crippen LogP contribution in [0.15, 0.2) is 30.5 Å². The van der Waals surface area contributed by atoms with Gasteiger partial charge in [0.1, 0.15) is 11.6 Å². The van der Waals surface area contributed by atoms with Crippen LogP contribution in [0.25, 0.3) is 10.8 Å². The Bertz CT molecular complexity index is 572. The number of aromatic nitrogens is 1. The van der Waals surface area contributed by atoms with Crippen LogP contribution in [0.5, 0.6) is 5.75 Å². The molecule has 3 nitrogen and oxygen atoms in total. The number of hydrogen-bond donors (Lipinski definition) is 1. The Morgan fingerprint density at radius 2 is 2.28 bits per heavy atom. The van der Waals surface area contributed by atoms with Crippen LogP contribution >= 0.6 is 0 Å². The second-order valence-corrected chi connectivity index (χ2v) is 3.98. The highest BCUT2D eigenvalue weighted by Crippen LogP contribution is 2.25. The largest absolute Gasteiger partial charge is 0.497 e. The number of ether oxygens (including phenoxy) is 1. The lowest BCUT2D eigenvalue weighted by Gasteiger charge is -2.09. The van der Waals surface area contributed by atoms with Crippen LogP contribution in [0.2, 0.25) is 0 Å². The lowest BCUT2D eigenvalue weighted by molar-refractivity contribution is 0.415. The van der Waals surface area contributed by atoms with Crippen LogP contribution in [-0.4, -0.2) is 18.6 Å². The highest BCUT2D eigenvalue weighted by atomic mass is 16.5. The summed E-state index contributed by atoms with van der Waals surface area (Å²) in [5, 5.41) is 5.52. The topological polar surface area (TPSA) is 34.2 Å². The molecule has 0 amide bonds. The maximum atomic E-state index is 5.22. The van der Waals surface area contributed by atoms with E-state index in [1.807, 2.05) is 24.3 Å². The fraction of sp³-hybridized carbons (Fsp3) is 0.267. The van der Waals surface area contributed by atoms with Crippen LogP contribution in [0.1, 0.15) is 12.8 Å². The van der Waals surface area contributed by atoms with Crippen LogP contribution in [0.3, 0.4) is 0 Å². The molecule has 0 fully saturated rings. The number of anilines is 1. The van der Waals surface area contributed by atoms with E-state index in [1.54, 1.807) is 13.3 Å². The third kappa shape index (κ3) is 2.72. The average Bonchev–Trinajstić information content (AvgIpc) is 2.43. The first kappa shape index (κ1) is 12.3. The summed E-state index contributed by atoms with van der Waals surface area (Å²) in [6.07, 6.45) is 8.75. The van der Waals surface area contributed by atoms with E-state index in [0.717, 1.165) is 41.7 Å². The average molecular weight is 240 g/mol. The van der Waals surface area contributed by atoms with Crippen molar-refractivity contribution in [1.82, 2.24) is 4.98 Å². The summed E-state index contributed by atoms with van der Waals surface area (Å²) in [5.74, 6) is 4.38. The van der Waals surface area contributed by atoms with Crippen molar-refractivity contribution in [3.8, 4) is 18.1 Å². The van der Waals surface area contributed by atoms with Gasteiger partial charge in [0.15, 0.2) is 0 Å². The quantitative estimate of drug-likeness (QED) is 0.644. The molecular formula is C15H16N2O. The van der Waals surface area contributed by atoms with E-state index in [4.69, 9.17) is 11.2 Å². The monoisotopic (exact) mass is 240 g/mol. The Hall–Kier alpha value is -2.21. The zero-order valence-corrected chi connectivity index (χ0v) is 10.4. The number of benzene rings is 1. The van der Waals surface area contributed by atoms with Gasteiger partial charge in [0.25, 0.3) is 0 Å². The van der Waals surface area contributed by atoms with Crippen LogP contribution < -0.4 is 10.1 Å². The normalized spacial score (nSPS) is 10.0. The number of hydrogen-bond acceptors (Lipinski definition) is 3. The fourth-order valence-corrected chi connectivity index (χ4v) is 1.82. The first-order chi connectivity index (χ1) is 8.85. The minimum atomic E-state index is 0.783. The predicted molar refractivity (Wildman–Crippen MR) is 74.9 cm³/mol. The van der Waals surface area contributed by atoms with Gasteiger partial charge in [-0.25, -0.2) is 4.98 Å². The second-order valence-electron chi connectivity index (χ2n) is 3.98. The van der Waals surface area contributed by atoms with Crippen molar-refractivity contribution in [1.29, 1.82) is 0 Å². The van der Waals surface area contributed by atoms with Gasteiger partial charge >= 0.3 is 0 Å². The van der Waals surface area contributed by atoms with Gasteiger partial charge in [-0.2, -0.15) is 0 Å². The molecule has 92 valence electrons. The molecule has 0 saturated carbocycles. The zero-order valence-electron chi connectivity index (χ0n) is 10.4. The lowest BCUT2D eigenvalue weighted by atomic mass is 10.1. The SMILES string of the molecule is C#CCCCNc1nccc2cc(OC)ccc12. The van der Waals surface area contributed by atoms with Crippen LogP contribution in [0, 0.1) is 12.3 Å². The summed E-state index contributed by atoms with van der Waals surface area (Å²) in [6.45, 7) is 0.836. The number of fused-ring (bicyclic) bond motifs is 1. The summed E-state index contributed by atoms with van der Waals surface area (Å²) >= 11 is 0. The molecule has 0 bridgehead atoms. The van der Waals surface area contributed by atoms with Gasteiger partial charge in [0.2, 0.25) is 0 Å². The number of nitrogens with zero attached hydrogens (tertiary/aromatic N) is 1. The maximum Gasteiger partial charge on any atom is 0.133 e. The smallest absolute Gasteiger partial charge is 0.133 e. The summed E-state index contributed by atoms with van der Waals surface area (Å²) < 4.78 is 5.21. The van der Waals surface area contributed by atoms with Crippen molar-refractivity contribution in [2.24, 2.45) is 0 Å². The van der Waals surface area contributed by atoms with E-state index in [2.05, 4.69) is 16.2 Å². The molecule has 3 heteroatoms. The number of nitrogens with one attached hydrogen (secondary N) is 1. The number of unbranched alkanes of at least 4 members (excludes halogenated alkanes) is 1. The first-order valence-electron chi connectivity index (χ1n) is 5.95. The van der Waals surface area contributed by atoms with Gasteiger partial charge in [-0.05, 0) is 36.1 Å². The Morgan fingerprint density at radius 3 is 3.06 bits per heavy atom. The molecule has 2 aromatic rings. The van der Waals surface area contributed by atoms with Gasteiger partial charge in [-0.15, -0.1) is 12.3 Å². The van der Waals surface area contributed by atoms with Crippen molar-refractivity contribution in [3.63, 3.8) is 0 Å². The third-order valence-corrected chi connectivity index (χ3v) is 2.76. The molecule has 18 heavy (non-hydrogen) atoms. The summed E-state index contributed by atoms with van der Waals surface area (Å²) in [7, 11) is 1.67. The molecule has 0 saturated heterocycles. The number of pyridine rings is 1. The van der Waals surface area contributed by atoms with Crippen molar-refractivity contribution in [2.75, 3.05) is 19.0 Å². The summed E-state index contributed by atoms with van der Waals surface area (Å²) in [5.41, 5.74) is 0. The Kier molecular flexibility index (Phi) is 4.03. The molecule has 1 N–H and O–H groups in total. The van der Waals surface area contributed by atoms with Crippen LogP contribution in [-0.2, 0) is 0 Å². The minimum absolute atomic E-state index is 0.783. The molecule has 1 heterocycles. The zero-order chi connectivity index (χ0) is 12.8. The molecule has 1 aromatic heterocycles. The standard InChI is InChI=1S/C15H16N2O/c1-3-4-5-9-16-15-14-7-6-13(18-2)11-12(14)8-10-17-15/h1,6-8,10-11H,4-5,9H2,2H3,(H,16,17). The van der Waals surface area contributed by atoms with Crippen molar-refractivity contribution in [3.05, 3.63) is 30.5 Å². The molecular weight excluding hydrogens is 224 g/mol. The fourth-order valence-electron chi connectivity index (χ4n) is 1.82. The van der Waals surface area contributed by atoms with E-state index in [9.17, 15) is 0 Å². The van der Waals surface area contributed by atoms with E-state index in [1.165, 1.54) is 0 Å². The molecule has 0 radical (unpaired) electrons. The summed E-state index contributed by atoms with van der Waals surface area (Å²) in [4.78, 5) is 4.36. The number of terminal acetylenes is 1. The van der Waals surface area contributed by atoms with Crippen molar-refractivity contribution in [2.45, 2.75) is 12.8 Å². The summed E-state index contributed by atoms with van der Waals surface area (Å²) in [6, 6.07) is 7.94. The molecule has 0 aliphatic carbocycles. The first-order valence-corrected chi connectivity index (χ1v) is 5.95. The molecule has 1 aromatic carbocycles. The molecule has 0 aliphatic rings. The Morgan fingerprint density at radius 1 is 1.39 bits per heavy atom. The molecule has 2 rings (SSSR count). The van der Waals surface area contributed by atoms with Gasteiger partial charge in [-0.1, -0.05) is 0 Å². The third-order valence-electron chi connectivity index (χ3n) is 2.76. The van der Waals surface area contributed by atoms with Gasteiger partial charge in [0.05, 0.1) is 7.11 Å². The Balaban J connectivity index is 2.20. The van der Waals surface area contributed by atoms with E-state index in [0.29, 0.717) is 0 Å². The Labute approximate surface area is 107 Å². The lowest BCUT2D eigenvalue weighted by Crippen LogP contribution is -2.03. The van der Waals surface area contributed by atoms with Gasteiger partial charge in [0, 0.05) is 24.5 Å². The van der Waals surface area contributed by atoms with E-state index >= 15 is 0 Å². The highest BCUT2D eigenvalue weighted by Gasteiger charge is 2.02. The van der Waals surface area contributed by atoms with Crippen molar-refractivity contribution >= 4 is 16.6 Å². The van der Waals surface area contributed by atoms with Gasteiger partial charge in [-0.3, -0.25) is 0 Å². The molecule has 0 unspecified atom stereocenters. The number of methoxy groups -OCH3 is 1. The maximum absolute atomic E-state index is 5.22. The minimum Gasteiger partial charge on any atom is -0.497 e. The predicted octanol–water partition coefficient (Wildman–Crippen LogP) is 3.07. The van der Waals surface area contributed by atoms with E-state index in [-0.39, 0.29) is 0 Å². The van der Waals surface area contributed by atoms with Gasteiger partial charge < -0.3 is 10.1 Å². The highest BCUT2D eigenvalue weighted by molar-refractivity contribution is 5.92. The molecule has 0 spiro atoms. The molecule has 0 aliphatic heterocycles. The number of rotatable bonds is 5. The van der Waals surface area contributed by atoms with Crippen molar-refractivity contribution < 1.29 is 4.74 Å². The molecule has 0 atom stereocenters.